The number of carbonyl (C=O) groups is 1. The first-order chi connectivity index (χ1) is 46.1. The second kappa shape index (κ2) is 63.8. The van der Waals surface area contributed by atoms with Crippen molar-refractivity contribution < 1.29 is 64.6 Å². The van der Waals surface area contributed by atoms with Crippen molar-refractivity contribution in [2.45, 2.75) is 408 Å². The molecule has 0 aromatic heterocycles. The van der Waals surface area contributed by atoms with E-state index < -0.39 is 86.8 Å². The summed E-state index contributed by atoms with van der Waals surface area (Å²) in [6.07, 6.45) is 71.2. The summed E-state index contributed by atoms with van der Waals surface area (Å²) in [5.41, 5.74) is 0. The number of hydrogen-bond donors (Lipinski definition) is 9. The smallest absolute Gasteiger partial charge is 0.220 e. The first kappa shape index (κ1) is 87.5. The molecule has 12 unspecified atom stereocenters. The maximum atomic E-state index is 13.4. The van der Waals surface area contributed by atoms with Crippen LogP contribution in [0.3, 0.4) is 0 Å². The molecule has 0 aromatic rings. The highest BCUT2D eigenvalue weighted by atomic mass is 16.7. The summed E-state index contributed by atoms with van der Waals surface area (Å²) in [5, 5.41) is 87.6. The average molecular weight is 1330 g/mol. The maximum absolute atomic E-state index is 13.4. The topological polar surface area (TPSA) is 228 Å². The molecule has 2 saturated heterocycles. The minimum absolute atomic E-state index is 0.251. The fourth-order valence-corrected chi connectivity index (χ4v) is 12.6. The number of aliphatic hydroxyl groups is 8. The SMILES string of the molecule is CCCCCCC/C=C\C/C=C\C/C=C\CCCCCCCCCCCCCCCCCCC(=O)NC(COC1OC(CO)C(OC2OC(CO)C(O)C(O)C2O)C(O)C1O)C(O)/C=C/CC/C=C/CC/C=C/CCCCCCCCCCCCCCCCCCCCC. The van der Waals surface area contributed by atoms with Gasteiger partial charge < -0.3 is 65.1 Å². The summed E-state index contributed by atoms with van der Waals surface area (Å²) in [6, 6.07) is -0.943. The molecule has 2 aliphatic rings. The molecular formula is C80H145NO13. The summed E-state index contributed by atoms with van der Waals surface area (Å²) in [7, 11) is 0. The Kier molecular flexibility index (Phi) is 59.4. The summed E-state index contributed by atoms with van der Waals surface area (Å²) < 4.78 is 22.9. The van der Waals surface area contributed by atoms with Crippen molar-refractivity contribution in [2.24, 2.45) is 0 Å². The molecule has 2 rings (SSSR count). The van der Waals surface area contributed by atoms with Gasteiger partial charge in [-0.15, -0.1) is 0 Å². The summed E-state index contributed by atoms with van der Waals surface area (Å²) >= 11 is 0. The number of hydrogen-bond acceptors (Lipinski definition) is 13. The molecule has 14 heteroatoms. The van der Waals surface area contributed by atoms with E-state index in [2.05, 4.69) is 79.9 Å². The number of nitrogens with one attached hydrogen (secondary N) is 1. The third-order valence-electron chi connectivity index (χ3n) is 18.8. The van der Waals surface area contributed by atoms with Crippen LogP contribution < -0.4 is 5.32 Å². The van der Waals surface area contributed by atoms with E-state index in [1.54, 1.807) is 6.08 Å². The first-order valence-corrected chi connectivity index (χ1v) is 39.2. The van der Waals surface area contributed by atoms with E-state index >= 15 is 0 Å². The van der Waals surface area contributed by atoms with Crippen LogP contribution in [0.2, 0.25) is 0 Å². The third kappa shape index (κ3) is 46.7. The van der Waals surface area contributed by atoms with Gasteiger partial charge in [-0.1, -0.05) is 318 Å². The number of rotatable bonds is 65. The van der Waals surface area contributed by atoms with E-state index in [1.807, 2.05) is 6.08 Å². The molecule has 0 saturated carbocycles. The molecule has 12 atom stereocenters. The molecule has 9 N–H and O–H groups in total. The van der Waals surface area contributed by atoms with Gasteiger partial charge in [0, 0.05) is 6.42 Å². The molecule has 1 amide bonds. The number of carbonyl (C=O) groups excluding carboxylic acids is 1. The van der Waals surface area contributed by atoms with E-state index in [1.165, 1.54) is 244 Å². The Morgan fingerprint density at radius 1 is 0.383 bits per heavy atom. The van der Waals surface area contributed by atoms with E-state index in [0.29, 0.717) is 12.8 Å². The Bertz CT molecular complexity index is 1860. The number of ether oxygens (including phenoxy) is 4. The monoisotopic (exact) mass is 1330 g/mol. The van der Waals surface area contributed by atoms with Crippen LogP contribution in [-0.4, -0.2) is 140 Å². The van der Waals surface area contributed by atoms with Gasteiger partial charge in [-0.05, 0) is 83.5 Å². The molecule has 94 heavy (non-hydrogen) atoms. The lowest BCUT2D eigenvalue weighted by Crippen LogP contribution is -2.65. The van der Waals surface area contributed by atoms with E-state index in [9.17, 15) is 45.6 Å². The summed E-state index contributed by atoms with van der Waals surface area (Å²) in [4.78, 5) is 13.4. The average Bonchev–Trinajstić information content (AvgIpc) is 0.794. The number of amides is 1. The van der Waals surface area contributed by atoms with Crippen molar-refractivity contribution in [3.05, 3.63) is 72.9 Å². The highest BCUT2D eigenvalue weighted by Crippen LogP contribution is 2.30. The Hall–Kier alpha value is -2.57. The van der Waals surface area contributed by atoms with Crippen LogP contribution in [0.5, 0.6) is 0 Å². The van der Waals surface area contributed by atoms with E-state index in [-0.39, 0.29) is 18.9 Å². The molecule has 0 spiro atoms. The largest absolute Gasteiger partial charge is 0.394 e. The lowest BCUT2D eigenvalue weighted by Gasteiger charge is -2.46. The second-order valence-corrected chi connectivity index (χ2v) is 27.5. The van der Waals surface area contributed by atoms with Crippen molar-refractivity contribution in [1.82, 2.24) is 5.32 Å². The van der Waals surface area contributed by atoms with Crippen molar-refractivity contribution in [3.8, 4) is 0 Å². The molecule has 0 aliphatic carbocycles. The number of aliphatic hydroxyl groups excluding tert-OH is 8. The molecule has 548 valence electrons. The Morgan fingerprint density at radius 2 is 0.713 bits per heavy atom. The van der Waals surface area contributed by atoms with Gasteiger partial charge in [0.2, 0.25) is 5.91 Å². The van der Waals surface area contributed by atoms with Gasteiger partial charge in [-0.2, -0.15) is 0 Å². The molecule has 14 nitrogen and oxygen atoms in total. The molecule has 2 aliphatic heterocycles. The number of allylic oxidation sites excluding steroid dienone is 11. The van der Waals surface area contributed by atoms with E-state index in [4.69, 9.17) is 18.9 Å². The van der Waals surface area contributed by atoms with E-state index in [0.717, 1.165) is 57.8 Å². The van der Waals surface area contributed by atoms with Gasteiger partial charge in [-0.3, -0.25) is 4.79 Å². The fraction of sp³-hybridized carbons (Fsp3) is 0.838. The minimum Gasteiger partial charge on any atom is -0.394 e. The third-order valence-corrected chi connectivity index (χ3v) is 18.8. The number of unbranched alkanes of at least 4 members (excludes halogenated alkanes) is 42. The predicted octanol–water partition coefficient (Wildman–Crippen LogP) is 17.4. The van der Waals surface area contributed by atoms with Gasteiger partial charge >= 0.3 is 0 Å². The lowest BCUT2D eigenvalue weighted by molar-refractivity contribution is -0.359. The van der Waals surface area contributed by atoms with Gasteiger partial charge in [-0.25, -0.2) is 0 Å². The van der Waals surface area contributed by atoms with Gasteiger partial charge in [0.05, 0.1) is 32.0 Å². The maximum Gasteiger partial charge on any atom is 0.220 e. The van der Waals surface area contributed by atoms with Crippen LogP contribution in [0.25, 0.3) is 0 Å². The lowest BCUT2D eigenvalue weighted by atomic mass is 9.97. The van der Waals surface area contributed by atoms with Crippen LogP contribution in [-0.2, 0) is 23.7 Å². The zero-order valence-corrected chi connectivity index (χ0v) is 60.0. The molecule has 2 heterocycles. The van der Waals surface area contributed by atoms with Gasteiger partial charge in [0.15, 0.2) is 12.6 Å². The van der Waals surface area contributed by atoms with Crippen molar-refractivity contribution in [1.29, 1.82) is 0 Å². The van der Waals surface area contributed by atoms with Crippen LogP contribution >= 0.6 is 0 Å². The zero-order chi connectivity index (χ0) is 68.0. The Morgan fingerprint density at radius 3 is 1.12 bits per heavy atom. The second-order valence-electron chi connectivity index (χ2n) is 27.5. The molecule has 2 fully saturated rings. The highest BCUT2D eigenvalue weighted by Gasteiger charge is 2.51. The highest BCUT2D eigenvalue weighted by molar-refractivity contribution is 5.76. The fourth-order valence-electron chi connectivity index (χ4n) is 12.6. The Balaban J connectivity index is 1.66. The Labute approximate surface area is 574 Å². The summed E-state index contributed by atoms with van der Waals surface area (Å²) in [6.45, 7) is 2.81. The summed E-state index contributed by atoms with van der Waals surface area (Å²) in [5.74, 6) is -0.251. The zero-order valence-electron chi connectivity index (χ0n) is 60.0. The molecule has 0 aromatic carbocycles. The standard InChI is InChI=1S/C80H145NO13/c1-3-5-7-9-11-13-15-17-19-21-23-25-27-29-31-33-34-36-38-40-42-44-46-48-50-52-54-56-58-60-62-64-72(85)81-68(67-91-79-77(90)75(88)78(71(66-83)93-79)94-80-76(89)74(87)73(86)70(65-82)92-80)69(84)63-61-59-57-55-53-51-49-47-45-43-41-39-37-35-32-30-28-26-24-22-20-18-16-14-12-10-8-6-4-2/h15,17,21,23,27,29,45,47,53,55,61,63,68-71,73-80,82-84,86-90H,3-14,16,18-20,22,24-26,28,30-44,46,48-52,54,56-60,62,64-67H2,1-2H3,(H,81,85)/b17-15-,23-21-,29-27-,47-45+,55-53+,63-61+. The molecule has 0 radical (unpaired) electrons. The van der Waals surface area contributed by atoms with Crippen molar-refractivity contribution >= 4 is 5.91 Å². The van der Waals surface area contributed by atoms with Crippen molar-refractivity contribution in [2.75, 3.05) is 19.8 Å². The van der Waals surface area contributed by atoms with Crippen LogP contribution in [0.15, 0.2) is 72.9 Å². The molecular weight excluding hydrogens is 1180 g/mol. The predicted molar refractivity (Wildman–Crippen MR) is 387 cm³/mol. The van der Waals surface area contributed by atoms with Crippen LogP contribution in [0, 0.1) is 0 Å². The normalized spacial score (nSPS) is 22.8. The van der Waals surface area contributed by atoms with Gasteiger partial charge in [0.1, 0.15) is 48.8 Å². The first-order valence-electron chi connectivity index (χ1n) is 39.2. The van der Waals surface area contributed by atoms with Crippen molar-refractivity contribution in [3.63, 3.8) is 0 Å². The minimum atomic E-state index is -1.80. The molecule has 0 bridgehead atoms. The van der Waals surface area contributed by atoms with Crippen LogP contribution in [0.4, 0.5) is 0 Å². The quantitative estimate of drug-likeness (QED) is 0.0204. The van der Waals surface area contributed by atoms with Gasteiger partial charge in [0.25, 0.3) is 0 Å². The van der Waals surface area contributed by atoms with Crippen LogP contribution in [0.1, 0.15) is 335 Å².